The highest BCUT2D eigenvalue weighted by Crippen LogP contribution is 2.11. The first kappa shape index (κ1) is 14.0. The number of aromatic nitrogens is 2. The van der Waals surface area contributed by atoms with Gasteiger partial charge in [-0.25, -0.2) is 4.79 Å². The number of rotatable bonds is 6. The Morgan fingerprint density at radius 2 is 2.10 bits per heavy atom. The maximum atomic E-state index is 11.8. The summed E-state index contributed by atoms with van der Waals surface area (Å²) in [5.41, 5.74) is 1.88. The molecule has 0 fully saturated rings. The number of carbonyl (C=O) groups excluding carboxylic acids is 2. The highest BCUT2D eigenvalue weighted by molar-refractivity contribution is 5.89. The monoisotopic (exact) mass is 272 g/mol. The summed E-state index contributed by atoms with van der Waals surface area (Å²) in [5, 5.41) is 4.23. The highest BCUT2D eigenvalue weighted by atomic mass is 16.5. The summed E-state index contributed by atoms with van der Waals surface area (Å²) in [6, 6.07) is 9.78. The van der Waals surface area contributed by atoms with Gasteiger partial charge in [0.15, 0.2) is 5.69 Å². The lowest BCUT2D eigenvalue weighted by Gasteiger charge is -2.01. The fourth-order valence-electron chi connectivity index (χ4n) is 1.92. The molecule has 20 heavy (non-hydrogen) atoms. The molecule has 104 valence electrons. The molecule has 1 heterocycles. The van der Waals surface area contributed by atoms with Crippen molar-refractivity contribution in [2.45, 2.75) is 19.9 Å². The van der Waals surface area contributed by atoms with E-state index in [1.54, 1.807) is 17.8 Å². The Hall–Kier alpha value is -2.43. The molecule has 0 atom stereocenters. The first-order chi connectivity index (χ1) is 9.74. The van der Waals surface area contributed by atoms with E-state index in [9.17, 15) is 9.59 Å². The van der Waals surface area contributed by atoms with Gasteiger partial charge >= 0.3 is 5.97 Å². The topological polar surface area (TPSA) is 61.2 Å². The Labute approximate surface area is 117 Å². The second-order valence-electron chi connectivity index (χ2n) is 4.28. The maximum absolute atomic E-state index is 11.8. The van der Waals surface area contributed by atoms with Gasteiger partial charge in [-0.05, 0) is 12.5 Å². The van der Waals surface area contributed by atoms with E-state index in [4.69, 9.17) is 4.74 Å². The van der Waals surface area contributed by atoms with E-state index >= 15 is 0 Å². The van der Waals surface area contributed by atoms with E-state index < -0.39 is 5.97 Å². The van der Waals surface area contributed by atoms with Crippen LogP contribution in [0.4, 0.5) is 0 Å². The fraction of sp³-hybridized carbons (Fsp3) is 0.267. The molecule has 0 spiro atoms. The molecule has 0 aliphatic rings. The molecule has 0 amide bonds. The van der Waals surface area contributed by atoms with Crippen LogP contribution in [0, 0.1) is 0 Å². The number of benzene rings is 1. The molecular weight excluding hydrogens is 256 g/mol. The van der Waals surface area contributed by atoms with Crippen molar-refractivity contribution in [3.05, 3.63) is 53.3 Å². The van der Waals surface area contributed by atoms with Crippen molar-refractivity contribution in [2.24, 2.45) is 0 Å². The van der Waals surface area contributed by atoms with Gasteiger partial charge in [0.05, 0.1) is 13.2 Å². The zero-order chi connectivity index (χ0) is 14.4. The maximum Gasteiger partial charge on any atom is 0.359 e. The van der Waals surface area contributed by atoms with Crippen LogP contribution < -0.4 is 0 Å². The summed E-state index contributed by atoms with van der Waals surface area (Å²) in [6.07, 6.45) is 2.63. The van der Waals surface area contributed by atoms with Gasteiger partial charge in [-0.3, -0.25) is 4.68 Å². The minimum atomic E-state index is -0.490. The zero-order valence-corrected chi connectivity index (χ0v) is 11.3. The molecule has 0 unspecified atom stereocenters. The van der Waals surface area contributed by atoms with Gasteiger partial charge in [-0.1, -0.05) is 30.3 Å². The molecule has 0 saturated heterocycles. The van der Waals surface area contributed by atoms with Crippen molar-refractivity contribution in [1.82, 2.24) is 9.78 Å². The molecule has 1 aromatic heterocycles. The number of nitrogens with zero attached hydrogens (tertiary/aromatic N) is 2. The van der Waals surface area contributed by atoms with Crippen LogP contribution >= 0.6 is 0 Å². The lowest BCUT2D eigenvalue weighted by Crippen LogP contribution is -2.09. The van der Waals surface area contributed by atoms with Gasteiger partial charge in [-0.15, -0.1) is 0 Å². The first-order valence-corrected chi connectivity index (χ1v) is 6.45. The zero-order valence-electron chi connectivity index (χ0n) is 11.3. The minimum absolute atomic E-state index is 0.156. The smallest absolute Gasteiger partial charge is 0.359 e. The van der Waals surface area contributed by atoms with Gasteiger partial charge in [0.1, 0.15) is 6.29 Å². The summed E-state index contributed by atoms with van der Waals surface area (Å²) in [4.78, 5) is 22.5. The fourth-order valence-corrected chi connectivity index (χ4v) is 1.92. The number of hydrogen-bond donors (Lipinski definition) is 0. The number of hydrogen-bond acceptors (Lipinski definition) is 4. The lowest BCUT2D eigenvalue weighted by atomic mass is 10.2. The van der Waals surface area contributed by atoms with Crippen LogP contribution in [0.15, 0.2) is 36.5 Å². The lowest BCUT2D eigenvalue weighted by molar-refractivity contribution is -0.107. The molecule has 0 saturated carbocycles. The molecule has 2 rings (SSSR count). The predicted octanol–water partition coefficient (Wildman–Crippen LogP) is 1.85. The average Bonchev–Trinajstić information content (AvgIpc) is 2.83. The standard InChI is InChI=1S/C15H16N2O3/c1-2-20-15(19)14-13(8-9-18)11-17(16-14)10-12-6-4-3-5-7-12/h3-7,9,11H,2,8,10H2,1H3. The molecule has 0 N–H and O–H groups in total. The predicted molar refractivity (Wildman–Crippen MR) is 73.5 cm³/mol. The Morgan fingerprint density at radius 1 is 1.35 bits per heavy atom. The van der Waals surface area contributed by atoms with Gasteiger partial charge in [-0.2, -0.15) is 5.10 Å². The molecule has 5 heteroatoms. The summed E-state index contributed by atoms with van der Waals surface area (Å²) in [6.45, 7) is 2.56. The van der Waals surface area contributed by atoms with Crippen LogP contribution in [0.3, 0.4) is 0 Å². The quantitative estimate of drug-likeness (QED) is 0.594. The highest BCUT2D eigenvalue weighted by Gasteiger charge is 2.17. The van der Waals surface area contributed by atoms with Crippen molar-refractivity contribution in [3.63, 3.8) is 0 Å². The minimum Gasteiger partial charge on any atom is -0.461 e. The Bertz CT molecular complexity index is 590. The second-order valence-corrected chi connectivity index (χ2v) is 4.28. The Morgan fingerprint density at radius 3 is 2.75 bits per heavy atom. The number of ether oxygens (including phenoxy) is 1. The van der Waals surface area contributed by atoms with Crippen molar-refractivity contribution in [1.29, 1.82) is 0 Å². The van der Waals surface area contributed by atoms with Gasteiger partial charge in [0.2, 0.25) is 0 Å². The number of aldehydes is 1. The molecule has 1 aromatic carbocycles. The normalized spacial score (nSPS) is 10.2. The van der Waals surface area contributed by atoms with Gasteiger partial charge < -0.3 is 9.53 Å². The number of esters is 1. The van der Waals surface area contributed by atoms with Crippen LogP contribution in [0.5, 0.6) is 0 Å². The van der Waals surface area contributed by atoms with Crippen molar-refractivity contribution >= 4 is 12.3 Å². The van der Waals surface area contributed by atoms with E-state index in [1.165, 1.54) is 0 Å². The van der Waals surface area contributed by atoms with Gasteiger partial charge in [0, 0.05) is 18.2 Å². The summed E-state index contributed by atoms with van der Waals surface area (Å²) in [7, 11) is 0. The van der Waals surface area contributed by atoms with Crippen molar-refractivity contribution in [3.8, 4) is 0 Å². The first-order valence-electron chi connectivity index (χ1n) is 6.45. The summed E-state index contributed by atoms with van der Waals surface area (Å²) < 4.78 is 6.60. The Kier molecular flexibility index (Phi) is 4.65. The van der Waals surface area contributed by atoms with E-state index in [2.05, 4.69) is 5.10 Å². The second kappa shape index (κ2) is 6.65. The van der Waals surface area contributed by atoms with E-state index in [0.717, 1.165) is 11.8 Å². The van der Waals surface area contributed by atoms with Crippen LogP contribution in [-0.4, -0.2) is 28.6 Å². The summed E-state index contributed by atoms with van der Waals surface area (Å²) in [5.74, 6) is -0.490. The molecular formula is C15H16N2O3. The molecule has 0 aliphatic carbocycles. The van der Waals surface area contributed by atoms with E-state index in [-0.39, 0.29) is 18.7 Å². The molecule has 0 bridgehead atoms. The molecule has 0 radical (unpaired) electrons. The Balaban J connectivity index is 2.24. The van der Waals surface area contributed by atoms with Crippen LogP contribution in [0.2, 0.25) is 0 Å². The molecule has 5 nitrogen and oxygen atoms in total. The van der Waals surface area contributed by atoms with Crippen molar-refractivity contribution in [2.75, 3.05) is 6.61 Å². The van der Waals surface area contributed by atoms with Crippen LogP contribution in [-0.2, 0) is 22.5 Å². The summed E-state index contributed by atoms with van der Waals surface area (Å²) >= 11 is 0. The largest absolute Gasteiger partial charge is 0.461 e. The van der Waals surface area contributed by atoms with E-state index in [1.807, 2.05) is 30.3 Å². The molecule has 2 aromatic rings. The third-order valence-corrected chi connectivity index (χ3v) is 2.80. The average molecular weight is 272 g/mol. The SMILES string of the molecule is CCOC(=O)c1nn(Cc2ccccc2)cc1CC=O. The van der Waals surface area contributed by atoms with Crippen molar-refractivity contribution < 1.29 is 14.3 Å². The van der Waals surface area contributed by atoms with Gasteiger partial charge in [0.25, 0.3) is 0 Å². The van der Waals surface area contributed by atoms with E-state index in [0.29, 0.717) is 12.1 Å². The molecule has 0 aliphatic heterocycles. The van der Waals surface area contributed by atoms with Crippen LogP contribution in [0.25, 0.3) is 0 Å². The third-order valence-electron chi connectivity index (χ3n) is 2.80. The number of carbonyl (C=O) groups is 2. The van der Waals surface area contributed by atoms with Crippen LogP contribution in [0.1, 0.15) is 28.5 Å². The third kappa shape index (κ3) is 3.32.